The number of thiophene rings is 1. The van der Waals surface area contributed by atoms with Crippen LogP contribution in [0.4, 0.5) is 0 Å². The maximum absolute atomic E-state index is 9.00. The highest BCUT2D eigenvalue weighted by molar-refractivity contribution is 7.71. The lowest BCUT2D eigenvalue weighted by Crippen LogP contribution is -1.99. The number of hydrogen-bond donors (Lipinski definition) is 1. The number of nitrogens with zero attached hydrogens (tertiary/aromatic N) is 2. The minimum absolute atomic E-state index is 0.651. The molecule has 0 bridgehead atoms. The number of benzene rings is 1. The van der Waals surface area contributed by atoms with Crippen LogP contribution in [0, 0.1) is 23.0 Å². The summed E-state index contributed by atoms with van der Waals surface area (Å²) in [6.07, 6.45) is 0. The summed E-state index contributed by atoms with van der Waals surface area (Å²) in [5.74, 6) is 0. The third-order valence-corrected chi connectivity index (χ3v) is 4.50. The predicted octanol–water partition coefficient (Wildman–Crippen LogP) is 3.99. The second-order valence-electron chi connectivity index (χ2n) is 4.39. The Balaban J connectivity index is 2.17. The number of aromatic amines is 1. The Morgan fingerprint density at radius 1 is 1.42 bits per heavy atom. The van der Waals surface area contributed by atoms with Gasteiger partial charge in [0.15, 0.2) is 4.77 Å². The van der Waals surface area contributed by atoms with Gasteiger partial charge >= 0.3 is 0 Å². The van der Waals surface area contributed by atoms with Gasteiger partial charge in [0.05, 0.1) is 29.2 Å². The van der Waals surface area contributed by atoms with Crippen molar-refractivity contribution in [1.29, 1.82) is 5.26 Å². The number of nitrogens with one attached hydrogen (secondary N) is 1. The van der Waals surface area contributed by atoms with Crippen molar-refractivity contribution in [3.8, 4) is 6.07 Å². The van der Waals surface area contributed by atoms with E-state index in [-0.39, 0.29) is 0 Å². The molecule has 0 aliphatic heterocycles. The highest BCUT2D eigenvalue weighted by atomic mass is 32.1. The number of aryl methyl sites for hydroxylation is 1. The molecule has 3 aromatic rings. The molecule has 1 aromatic carbocycles. The van der Waals surface area contributed by atoms with E-state index in [1.54, 1.807) is 17.4 Å². The average molecular weight is 285 g/mol. The van der Waals surface area contributed by atoms with Gasteiger partial charge in [-0.25, -0.2) is 0 Å². The van der Waals surface area contributed by atoms with E-state index in [9.17, 15) is 0 Å². The van der Waals surface area contributed by atoms with Crippen LogP contribution in [-0.4, -0.2) is 9.55 Å². The molecule has 19 heavy (non-hydrogen) atoms. The Hall–Kier alpha value is -1.90. The zero-order valence-electron chi connectivity index (χ0n) is 10.3. The zero-order chi connectivity index (χ0) is 13.4. The van der Waals surface area contributed by atoms with Crippen LogP contribution in [0.5, 0.6) is 0 Å². The maximum atomic E-state index is 9.00. The largest absolute Gasteiger partial charge is 0.331 e. The molecule has 0 spiro atoms. The van der Waals surface area contributed by atoms with E-state index in [1.165, 1.54) is 10.4 Å². The van der Waals surface area contributed by atoms with Crippen molar-refractivity contribution in [2.24, 2.45) is 0 Å². The zero-order valence-corrected chi connectivity index (χ0v) is 11.9. The quantitative estimate of drug-likeness (QED) is 0.724. The highest BCUT2D eigenvalue weighted by Gasteiger charge is 2.08. The van der Waals surface area contributed by atoms with E-state index in [0.717, 1.165) is 17.6 Å². The topological polar surface area (TPSA) is 44.5 Å². The Bertz CT molecular complexity index is 846. The van der Waals surface area contributed by atoms with Crippen LogP contribution in [0.25, 0.3) is 11.0 Å². The van der Waals surface area contributed by atoms with E-state index in [2.05, 4.69) is 29.4 Å². The van der Waals surface area contributed by atoms with E-state index in [1.807, 2.05) is 16.7 Å². The minimum atomic E-state index is 0.651. The second kappa shape index (κ2) is 4.65. The van der Waals surface area contributed by atoms with Crippen molar-refractivity contribution in [2.75, 3.05) is 0 Å². The van der Waals surface area contributed by atoms with Gasteiger partial charge in [-0.15, -0.1) is 11.3 Å². The SMILES string of the molecule is Cc1ccsc1Cn1c(=S)[nH]c2ccc(C#N)cc21. The number of hydrogen-bond acceptors (Lipinski definition) is 3. The van der Waals surface area contributed by atoms with E-state index in [0.29, 0.717) is 10.3 Å². The van der Waals surface area contributed by atoms with Crippen LogP contribution in [0.3, 0.4) is 0 Å². The molecule has 2 heterocycles. The summed E-state index contributed by atoms with van der Waals surface area (Å²) in [4.78, 5) is 4.47. The van der Waals surface area contributed by atoms with Crippen molar-refractivity contribution in [1.82, 2.24) is 9.55 Å². The summed E-state index contributed by atoms with van der Waals surface area (Å²) in [6, 6.07) is 9.86. The summed E-state index contributed by atoms with van der Waals surface area (Å²) in [7, 11) is 0. The molecule has 5 heteroatoms. The van der Waals surface area contributed by atoms with Gasteiger partial charge in [-0.05, 0) is 54.4 Å². The molecule has 3 nitrogen and oxygen atoms in total. The fraction of sp³-hybridized carbons (Fsp3) is 0.143. The average Bonchev–Trinajstić information content (AvgIpc) is 2.94. The lowest BCUT2D eigenvalue weighted by Gasteiger charge is -2.04. The van der Waals surface area contributed by atoms with Crippen LogP contribution in [-0.2, 0) is 6.54 Å². The first-order chi connectivity index (χ1) is 9.19. The first-order valence-electron chi connectivity index (χ1n) is 5.84. The number of imidazole rings is 1. The molecule has 0 aliphatic rings. The van der Waals surface area contributed by atoms with E-state index in [4.69, 9.17) is 17.5 Å². The summed E-state index contributed by atoms with van der Waals surface area (Å²) in [6.45, 7) is 2.85. The molecular weight excluding hydrogens is 274 g/mol. The Kier molecular flexibility index (Phi) is 2.97. The summed E-state index contributed by atoms with van der Waals surface area (Å²) in [5, 5.41) is 11.1. The first kappa shape index (κ1) is 12.2. The van der Waals surface area contributed by atoms with Crippen molar-refractivity contribution >= 4 is 34.6 Å². The third kappa shape index (κ3) is 2.09. The monoisotopic (exact) mass is 285 g/mol. The fourth-order valence-electron chi connectivity index (χ4n) is 2.09. The standard InChI is InChI=1S/C14H11N3S2/c1-9-4-5-19-13(9)8-17-12-6-10(7-15)2-3-11(12)16-14(17)18/h2-6H,8H2,1H3,(H,16,18). The van der Waals surface area contributed by atoms with Gasteiger partial charge in [-0.3, -0.25) is 0 Å². The summed E-state index contributed by atoms with van der Waals surface area (Å²) >= 11 is 7.11. The van der Waals surface area contributed by atoms with E-state index < -0.39 is 0 Å². The lowest BCUT2D eigenvalue weighted by molar-refractivity contribution is 0.819. The normalized spacial score (nSPS) is 10.7. The Labute approximate surface area is 119 Å². The Morgan fingerprint density at radius 2 is 2.26 bits per heavy atom. The van der Waals surface area contributed by atoms with Crippen molar-refractivity contribution < 1.29 is 0 Å². The van der Waals surface area contributed by atoms with Crippen molar-refractivity contribution in [3.63, 3.8) is 0 Å². The molecule has 94 valence electrons. The van der Waals surface area contributed by atoms with Gasteiger partial charge < -0.3 is 9.55 Å². The molecule has 0 unspecified atom stereocenters. The number of rotatable bonds is 2. The molecule has 3 rings (SSSR count). The summed E-state index contributed by atoms with van der Waals surface area (Å²) < 4.78 is 2.74. The number of aromatic nitrogens is 2. The number of nitriles is 1. The van der Waals surface area contributed by atoms with Gasteiger partial charge in [0.1, 0.15) is 0 Å². The van der Waals surface area contributed by atoms with E-state index >= 15 is 0 Å². The van der Waals surface area contributed by atoms with Crippen molar-refractivity contribution in [2.45, 2.75) is 13.5 Å². The molecular formula is C14H11N3S2. The van der Waals surface area contributed by atoms with Crippen LogP contribution >= 0.6 is 23.6 Å². The maximum Gasteiger partial charge on any atom is 0.178 e. The molecule has 0 aliphatic carbocycles. The minimum Gasteiger partial charge on any atom is -0.331 e. The first-order valence-corrected chi connectivity index (χ1v) is 7.13. The van der Waals surface area contributed by atoms with Gasteiger partial charge in [-0.1, -0.05) is 0 Å². The molecule has 1 N–H and O–H groups in total. The van der Waals surface area contributed by atoms with Gasteiger partial charge in [0.25, 0.3) is 0 Å². The molecule has 0 saturated carbocycles. The van der Waals surface area contributed by atoms with Crippen LogP contribution in [0.2, 0.25) is 0 Å². The molecule has 2 aromatic heterocycles. The smallest absolute Gasteiger partial charge is 0.178 e. The molecule has 0 fully saturated rings. The lowest BCUT2D eigenvalue weighted by atomic mass is 10.2. The highest BCUT2D eigenvalue weighted by Crippen LogP contribution is 2.21. The van der Waals surface area contributed by atoms with Crippen LogP contribution in [0.1, 0.15) is 16.0 Å². The number of fused-ring (bicyclic) bond motifs is 1. The second-order valence-corrected chi connectivity index (χ2v) is 5.77. The van der Waals surface area contributed by atoms with Gasteiger partial charge in [0.2, 0.25) is 0 Å². The predicted molar refractivity (Wildman–Crippen MR) is 80.0 cm³/mol. The Morgan fingerprint density at radius 3 is 2.95 bits per heavy atom. The van der Waals surface area contributed by atoms with Crippen LogP contribution in [0.15, 0.2) is 29.6 Å². The molecule has 0 atom stereocenters. The molecule has 0 amide bonds. The molecule has 0 saturated heterocycles. The number of H-pyrrole nitrogens is 1. The van der Waals surface area contributed by atoms with Crippen molar-refractivity contribution in [3.05, 3.63) is 50.4 Å². The van der Waals surface area contributed by atoms with Gasteiger partial charge in [0, 0.05) is 4.88 Å². The van der Waals surface area contributed by atoms with Crippen LogP contribution < -0.4 is 0 Å². The fourth-order valence-corrected chi connectivity index (χ4v) is 3.26. The van der Waals surface area contributed by atoms with Gasteiger partial charge in [-0.2, -0.15) is 5.26 Å². The molecule has 0 radical (unpaired) electrons. The summed E-state index contributed by atoms with van der Waals surface area (Å²) in [5.41, 5.74) is 3.88. The third-order valence-electron chi connectivity index (χ3n) is 3.17.